The second kappa shape index (κ2) is 13.1. The zero-order chi connectivity index (χ0) is 18.7. The maximum absolute atomic E-state index is 13.2. The van der Waals surface area contributed by atoms with E-state index in [1.807, 2.05) is 6.92 Å². The minimum atomic E-state index is -3.15. The molecule has 7 nitrogen and oxygen atoms in total. The first kappa shape index (κ1) is 24.9. The Morgan fingerprint density at radius 3 is 2.62 bits per heavy atom. The van der Waals surface area contributed by atoms with Crippen molar-refractivity contribution in [1.29, 1.82) is 0 Å². The van der Waals surface area contributed by atoms with E-state index in [4.69, 9.17) is 4.74 Å². The van der Waals surface area contributed by atoms with Gasteiger partial charge in [-0.1, -0.05) is 13.0 Å². The zero-order valence-electron chi connectivity index (χ0n) is 15.3. The van der Waals surface area contributed by atoms with Crippen molar-refractivity contribution >= 4 is 40.0 Å². The van der Waals surface area contributed by atoms with E-state index in [9.17, 15) is 12.8 Å². The molecule has 0 amide bonds. The van der Waals surface area contributed by atoms with Crippen molar-refractivity contribution in [2.45, 2.75) is 25.9 Å². The third kappa shape index (κ3) is 11.5. The fraction of sp³-hybridized carbons (Fsp3) is 0.562. The molecule has 0 fully saturated rings. The van der Waals surface area contributed by atoms with Crippen molar-refractivity contribution in [1.82, 2.24) is 15.4 Å². The monoisotopic (exact) mass is 502 g/mol. The Kier molecular flexibility index (Phi) is 12.5. The second-order valence-electron chi connectivity index (χ2n) is 5.51. The van der Waals surface area contributed by atoms with Crippen LogP contribution in [-0.4, -0.2) is 53.4 Å². The van der Waals surface area contributed by atoms with Gasteiger partial charge in [-0.2, -0.15) is 0 Å². The maximum Gasteiger partial charge on any atom is 0.208 e. The maximum atomic E-state index is 13.2. The van der Waals surface area contributed by atoms with Crippen LogP contribution in [0.5, 0.6) is 5.75 Å². The first-order chi connectivity index (χ1) is 11.8. The number of halogens is 2. The topological polar surface area (TPSA) is 91.8 Å². The van der Waals surface area contributed by atoms with E-state index in [0.29, 0.717) is 37.8 Å². The van der Waals surface area contributed by atoms with Crippen LogP contribution in [0, 0.1) is 5.82 Å². The number of benzene rings is 1. The molecule has 1 atom stereocenters. The molecular formula is C16H28FIN4O3S. The molecule has 3 N–H and O–H groups in total. The van der Waals surface area contributed by atoms with Crippen LogP contribution in [0.4, 0.5) is 4.39 Å². The molecule has 1 aromatic carbocycles. The molecule has 0 aromatic heterocycles. The van der Waals surface area contributed by atoms with Crippen molar-refractivity contribution in [2.75, 3.05) is 32.9 Å². The number of ether oxygens (including phenoxy) is 1. The number of nitrogens with zero attached hydrogens (tertiary/aromatic N) is 1. The van der Waals surface area contributed by atoms with Crippen molar-refractivity contribution in [2.24, 2.45) is 4.99 Å². The van der Waals surface area contributed by atoms with Crippen LogP contribution >= 0.6 is 24.0 Å². The van der Waals surface area contributed by atoms with Gasteiger partial charge in [0, 0.05) is 26.2 Å². The molecule has 150 valence electrons. The molecule has 26 heavy (non-hydrogen) atoms. The number of sulfonamides is 1. The molecule has 0 aliphatic carbocycles. The number of aliphatic imine (C=N–C) groups is 1. The van der Waals surface area contributed by atoms with Crippen LogP contribution in [0.2, 0.25) is 0 Å². The second-order valence-corrected chi connectivity index (χ2v) is 7.34. The van der Waals surface area contributed by atoms with Crippen LogP contribution in [0.3, 0.4) is 0 Å². The fourth-order valence-electron chi connectivity index (χ4n) is 1.99. The first-order valence-electron chi connectivity index (χ1n) is 8.15. The Hall–Kier alpha value is -1.14. The van der Waals surface area contributed by atoms with Crippen LogP contribution < -0.4 is 20.1 Å². The van der Waals surface area contributed by atoms with E-state index in [-0.39, 0.29) is 35.9 Å². The highest BCUT2D eigenvalue weighted by Crippen LogP contribution is 2.14. The summed E-state index contributed by atoms with van der Waals surface area (Å²) in [5.41, 5.74) is 0. The molecule has 1 aromatic rings. The standard InChI is InChI=1S/C16H27FN4O3S.HI/c1-4-14(24-15-8-5-7-13(17)11-15)12-20-16(18-2)19-9-6-10-21-25(3,22)23;/h5,7-8,11,14,21H,4,6,9-10,12H2,1-3H3,(H2,18,19,20);1H. The minimum Gasteiger partial charge on any atom is -0.489 e. The molecule has 0 aliphatic rings. The average Bonchev–Trinajstić information content (AvgIpc) is 2.55. The Morgan fingerprint density at radius 1 is 1.31 bits per heavy atom. The molecule has 0 spiro atoms. The Morgan fingerprint density at radius 2 is 2.04 bits per heavy atom. The number of nitrogens with one attached hydrogen (secondary N) is 3. The Bertz CT molecular complexity index is 659. The normalized spacial score (nSPS) is 12.8. The molecule has 1 unspecified atom stereocenters. The minimum absolute atomic E-state index is 0. The molecule has 0 bridgehead atoms. The van der Waals surface area contributed by atoms with E-state index in [2.05, 4.69) is 20.3 Å². The van der Waals surface area contributed by atoms with Gasteiger partial charge in [-0.15, -0.1) is 24.0 Å². The zero-order valence-corrected chi connectivity index (χ0v) is 18.4. The summed E-state index contributed by atoms with van der Waals surface area (Å²) < 4.78 is 43.3. The van der Waals surface area contributed by atoms with Gasteiger partial charge in [0.2, 0.25) is 10.0 Å². The summed E-state index contributed by atoms with van der Waals surface area (Å²) in [6, 6.07) is 6.05. The number of guanidine groups is 1. The quantitative estimate of drug-likeness (QED) is 0.196. The van der Waals surface area contributed by atoms with Gasteiger partial charge in [0.1, 0.15) is 17.7 Å². The molecule has 0 heterocycles. The largest absolute Gasteiger partial charge is 0.489 e. The highest BCUT2D eigenvalue weighted by molar-refractivity contribution is 14.0. The summed E-state index contributed by atoms with van der Waals surface area (Å²) in [5, 5.41) is 6.24. The van der Waals surface area contributed by atoms with E-state index in [1.165, 1.54) is 12.1 Å². The van der Waals surface area contributed by atoms with Crippen LogP contribution in [-0.2, 0) is 10.0 Å². The van der Waals surface area contributed by atoms with Gasteiger partial charge in [0.05, 0.1) is 12.8 Å². The van der Waals surface area contributed by atoms with Gasteiger partial charge >= 0.3 is 0 Å². The highest BCUT2D eigenvalue weighted by Gasteiger charge is 2.10. The Labute approximate surface area is 172 Å². The number of hydrogen-bond acceptors (Lipinski definition) is 4. The van der Waals surface area contributed by atoms with Gasteiger partial charge in [-0.3, -0.25) is 4.99 Å². The predicted octanol–water partition coefficient (Wildman–Crippen LogP) is 1.71. The van der Waals surface area contributed by atoms with Crippen molar-refractivity contribution in [3.05, 3.63) is 30.1 Å². The average molecular weight is 502 g/mol. The van der Waals surface area contributed by atoms with Gasteiger partial charge < -0.3 is 15.4 Å². The fourth-order valence-corrected chi connectivity index (χ4v) is 2.50. The molecule has 0 radical (unpaired) electrons. The summed E-state index contributed by atoms with van der Waals surface area (Å²) in [7, 11) is -1.50. The predicted molar refractivity (Wildman–Crippen MR) is 113 cm³/mol. The smallest absolute Gasteiger partial charge is 0.208 e. The summed E-state index contributed by atoms with van der Waals surface area (Å²) in [5.74, 6) is 0.754. The van der Waals surface area contributed by atoms with Crippen molar-refractivity contribution in [3.8, 4) is 5.75 Å². The van der Waals surface area contributed by atoms with Crippen LogP contribution in [0.1, 0.15) is 19.8 Å². The summed E-state index contributed by atoms with van der Waals surface area (Å²) in [6.07, 6.45) is 2.38. The number of hydrogen-bond donors (Lipinski definition) is 3. The lowest BCUT2D eigenvalue weighted by Crippen LogP contribution is -2.43. The molecular weight excluding hydrogens is 474 g/mol. The van der Waals surface area contributed by atoms with Gasteiger partial charge in [0.15, 0.2) is 5.96 Å². The molecule has 0 saturated carbocycles. The third-order valence-corrected chi connectivity index (χ3v) is 4.01. The highest BCUT2D eigenvalue weighted by atomic mass is 127. The lowest BCUT2D eigenvalue weighted by Gasteiger charge is -2.20. The molecule has 1 rings (SSSR count). The van der Waals surface area contributed by atoms with Crippen LogP contribution in [0.15, 0.2) is 29.3 Å². The molecule has 0 saturated heterocycles. The lowest BCUT2D eigenvalue weighted by atomic mass is 10.2. The van der Waals surface area contributed by atoms with Gasteiger partial charge in [-0.25, -0.2) is 17.5 Å². The van der Waals surface area contributed by atoms with E-state index in [0.717, 1.165) is 12.7 Å². The van der Waals surface area contributed by atoms with Crippen molar-refractivity contribution in [3.63, 3.8) is 0 Å². The molecule has 0 aliphatic heterocycles. The van der Waals surface area contributed by atoms with Crippen molar-refractivity contribution < 1.29 is 17.5 Å². The first-order valence-corrected chi connectivity index (χ1v) is 10.0. The van der Waals surface area contributed by atoms with Crippen LogP contribution in [0.25, 0.3) is 0 Å². The SMILES string of the molecule is CCC(CNC(=NC)NCCCNS(C)(=O)=O)Oc1cccc(F)c1.I. The number of rotatable bonds is 10. The lowest BCUT2D eigenvalue weighted by molar-refractivity contribution is 0.199. The van der Waals surface area contributed by atoms with Gasteiger partial charge in [0.25, 0.3) is 0 Å². The summed E-state index contributed by atoms with van der Waals surface area (Å²) in [4.78, 5) is 4.10. The summed E-state index contributed by atoms with van der Waals surface area (Å²) >= 11 is 0. The summed E-state index contributed by atoms with van der Waals surface area (Å²) in [6.45, 7) is 3.43. The Balaban J connectivity index is 0.00000625. The van der Waals surface area contributed by atoms with E-state index >= 15 is 0 Å². The van der Waals surface area contributed by atoms with Gasteiger partial charge in [-0.05, 0) is 25.0 Å². The third-order valence-electron chi connectivity index (χ3n) is 3.29. The van der Waals surface area contributed by atoms with E-state index in [1.54, 1.807) is 19.2 Å². The van der Waals surface area contributed by atoms with E-state index < -0.39 is 10.0 Å². The molecule has 10 heteroatoms.